The summed E-state index contributed by atoms with van der Waals surface area (Å²) in [6.07, 6.45) is 0. The Bertz CT molecular complexity index is 1200. The number of thioether (sulfide) groups is 1. The van der Waals surface area contributed by atoms with Crippen LogP contribution in [0.4, 0.5) is 5.69 Å². The summed E-state index contributed by atoms with van der Waals surface area (Å²) < 4.78 is 0. The maximum atomic E-state index is 13.4. The molecule has 2 heterocycles. The van der Waals surface area contributed by atoms with Gasteiger partial charge < -0.3 is 5.32 Å². The molecule has 0 spiro atoms. The molecule has 1 aliphatic heterocycles. The lowest BCUT2D eigenvalue weighted by atomic mass is 10.0. The Labute approximate surface area is 198 Å². The van der Waals surface area contributed by atoms with Crippen molar-refractivity contribution in [1.82, 2.24) is 14.9 Å². The van der Waals surface area contributed by atoms with E-state index in [0.717, 1.165) is 34.4 Å². The monoisotopic (exact) mass is 458 g/mol. The second kappa shape index (κ2) is 9.58. The van der Waals surface area contributed by atoms with Crippen molar-refractivity contribution in [1.29, 1.82) is 0 Å². The van der Waals surface area contributed by atoms with Gasteiger partial charge in [-0.25, -0.2) is 9.97 Å². The Kier molecular flexibility index (Phi) is 6.60. The maximum Gasteiger partial charge on any atom is 0.278 e. The van der Waals surface area contributed by atoms with Crippen LogP contribution < -0.4 is 5.32 Å². The summed E-state index contributed by atoms with van der Waals surface area (Å²) in [5, 5.41) is 3.64. The largest absolute Gasteiger partial charge is 0.350 e. The van der Waals surface area contributed by atoms with Gasteiger partial charge in [0.2, 0.25) is 0 Å². The summed E-state index contributed by atoms with van der Waals surface area (Å²) in [5.74, 6) is -0.302. The number of hydrogen-bond acceptors (Lipinski definition) is 6. The number of anilines is 1. The van der Waals surface area contributed by atoms with Crippen LogP contribution in [0.2, 0.25) is 0 Å². The van der Waals surface area contributed by atoms with Gasteiger partial charge in [-0.3, -0.25) is 14.5 Å². The molecule has 3 aromatic rings. The molecule has 0 fully saturated rings. The van der Waals surface area contributed by atoms with E-state index in [9.17, 15) is 9.59 Å². The van der Waals surface area contributed by atoms with Gasteiger partial charge in [0.1, 0.15) is 10.6 Å². The number of nitrogens with one attached hydrogen (secondary N) is 1. The van der Waals surface area contributed by atoms with E-state index < -0.39 is 0 Å². The zero-order valence-electron chi connectivity index (χ0n) is 19.1. The van der Waals surface area contributed by atoms with Crippen LogP contribution in [0.1, 0.15) is 42.3 Å². The highest BCUT2D eigenvalue weighted by Gasteiger charge is 2.39. The highest BCUT2D eigenvalue weighted by molar-refractivity contribution is 8.04. The van der Waals surface area contributed by atoms with Gasteiger partial charge in [-0.15, -0.1) is 0 Å². The molecule has 168 valence electrons. The lowest BCUT2D eigenvalue weighted by molar-refractivity contribution is -0.137. The number of imide groups is 1. The third kappa shape index (κ3) is 5.14. The Morgan fingerprint density at radius 3 is 2.15 bits per heavy atom. The zero-order valence-corrected chi connectivity index (χ0v) is 19.9. The van der Waals surface area contributed by atoms with Crippen molar-refractivity contribution in [3.8, 4) is 0 Å². The summed E-state index contributed by atoms with van der Waals surface area (Å²) in [7, 11) is 0. The Balaban J connectivity index is 1.68. The average Bonchev–Trinajstić information content (AvgIpc) is 2.98. The standard InChI is InChI=1S/C26H26N4O2S/c1-16(2)20-10-12-21(13-11-20)29-22-23(33-26-27-17(3)14-18(4)28-26)25(32)30(24(22)31)15-19-8-6-5-7-9-19/h5-14,16,29H,15H2,1-4H3. The highest BCUT2D eigenvalue weighted by Crippen LogP contribution is 2.35. The fraction of sp³-hybridized carbons (Fsp3) is 0.231. The number of aromatic nitrogens is 2. The molecule has 1 N–H and O–H groups in total. The number of amides is 2. The lowest BCUT2D eigenvalue weighted by Gasteiger charge is -2.15. The second-order valence-electron chi connectivity index (χ2n) is 8.32. The molecule has 0 aliphatic carbocycles. The Morgan fingerprint density at radius 2 is 1.55 bits per heavy atom. The molecule has 7 heteroatoms. The van der Waals surface area contributed by atoms with Gasteiger partial charge in [0, 0.05) is 17.1 Å². The summed E-state index contributed by atoms with van der Waals surface area (Å²) in [6.45, 7) is 8.22. The number of carbonyl (C=O) groups is 2. The summed E-state index contributed by atoms with van der Waals surface area (Å²) in [4.78, 5) is 37.2. The van der Waals surface area contributed by atoms with Crippen molar-refractivity contribution in [2.75, 3.05) is 5.32 Å². The fourth-order valence-corrected chi connectivity index (χ4v) is 4.59. The van der Waals surface area contributed by atoms with Crippen molar-refractivity contribution in [2.45, 2.75) is 45.3 Å². The number of rotatable bonds is 7. The fourth-order valence-electron chi connectivity index (χ4n) is 3.59. The van der Waals surface area contributed by atoms with Crippen LogP contribution in [0.5, 0.6) is 0 Å². The second-order valence-corrected chi connectivity index (χ2v) is 9.30. The SMILES string of the molecule is Cc1cc(C)nc(SC2=C(Nc3ccc(C(C)C)cc3)C(=O)N(Cc3ccccc3)C2=O)n1. The minimum Gasteiger partial charge on any atom is -0.350 e. The Hall–Kier alpha value is -3.45. The van der Waals surface area contributed by atoms with Gasteiger partial charge in [-0.1, -0.05) is 56.3 Å². The molecule has 4 rings (SSSR count). The van der Waals surface area contributed by atoms with E-state index in [1.54, 1.807) is 0 Å². The van der Waals surface area contributed by atoms with E-state index >= 15 is 0 Å². The number of benzene rings is 2. The van der Waals surface area contributed by atoms with E-state index in [2.05, 4.69) is 29.1 Å². The molecule has 0 radical (unpaired) electrons. The van der Waals surface area contributed by atoms with Gasteiger partial charge >= 0.3 is 0 Å². The van der Waals surface area contributed by atoms with Gasteiger partial charge in [0.15, 0.2) is 5.16 Å². The zero-order chi connectivity index (χ0) is 23.5. The highest BCUT2D eigenvalue weighted by atomic mass is 32.2. The summed E-state index contributed by atoms with van der Waals surface area (Å²) in [6, 6.07) is 19.3. The van der Waals surface area contributed by atoms with Gasteiger partial charge in [-0.05, 0) is 60.9 Å². The minimum atomic E-state index is -0.358. The molecule has 33 heavy (non-hydrogen) atoms. The van der Waals surface area contributed by atoms with E-state index in [-0.39, 0.29) is 24.1 Å². The third-order valence-electron chi connectivity index (χ3n) is 5.31. The molecule has 6 nitrogen and oxygen atoms in total. The van der Waals surface area contributed by atoms with E-state index in [1.807, 2.05) is 74.5 Å². The topological polar surface area (TPSA) is 75.2 Å². The molecule has 0 bridgehead atoms. The van der Waals surface area contributed by atoms with E-state index in [4.69, 9.17) is 0 Å². The van der Waals surface area contributed by atoms with E-state index in [0.29, 0.717) is 16.0 Å². The van der Waals surface area contributed by atoms with Gasteiger partial charge in [0.05, 0.1) is 6.54 Å². The maximum absolute atomic E-state index is 13.4. The van der Waals surface area contributed by atoms with Crippen LogP contribution in [0.3, 0.4) is 0 Å². The number of nitrogens with zero attached hydrogens (tertiary/aromatic N) is 3. The van der Waals surface area contributed by atoms with Crippen LogP contribution in [0, 0.1) is 13.8 Å². The smallest absolute Gasteiger partial charge is 0.278 e. The third-order valence-corrected chi connectivity index (χ3v) is 6.26. The van der Waals surface area contributed by atoms with Crippen LogP contribution in [0.15, 0.2) is 76.4 Å². The minimum absolute atomic E-state index is 0.202. The van der Waals surface area contributed by atoms with Crippen molar-refractivity contribution in [3.63, 3.8) is 0 Å². The number of hydrogen-bond donors (Lipinski definition) is 1. The summed E-state index contributed by atoms with van der Waals surface area (Å²) >= 11 is 1.12. The van der Waals surface area contributed by atoms with Crippen LogP contribution in [0.25, 0.3) is 0 Å². The number of carbonyl (C=O) groups excluding carboxylic acids is 2. The molecular weight excluding hydrogens is 432 g/mol. The molecule has 0 saturated carbocycles. The molecule has 2 amide bonds. The number of aryl methyl sites for hydroxylation is 2. The predicted octanol–water partition coefficient (Wildman–Crippen LogP) is 5.20. The van der Waals surface area contributed by atoms with Crippen LogP contribution in [-0.2, 0) is 16.1 Å². The van der Waals surface area contributed by atoms with Crippen LogP contribution in [-0.4, -0.2) is 26.7 Å². The van der Waals surface area contributed by atoms with Crippen molar-refractivity contribution >= 4 is 29.3 Å². The molecule has 0 atom stereocenters. The van der Waals surface area contributed by atoms with Crippen molar-refractivity contribution < 1.29 is 9.59 Å². The lowest BCUT2D eigenvalue weighted by Crippen LogP contribution is -2.31. The molecule has 1 aliphatic rings. The first-order valence-electron chi connectivity index (χ1n) is 10.8. The molecular formula is C26H26N4O2S. The first-order valence-corrected chi connectivity index (χ1v) is 11.6. The molecule has 1 aromatic heterocycles. The van der Waals surface area contributed by atoms with Crippen LogP contribution >= 0.6 is 11.8 Å². The first kappa shape index (κ1) is 22.7. The van der Waals surface area contributed by atoms with Gasteiger partial charge in [0.25, 0.3) is 11.8 Å². The predicted molar refractivity (Wildman–Crippen MR) is 131 cm³/mol. The molecule has 0 saturated heterocycles. The average molecular weight is 459 g/mol. The van der Waals surface area contributed by atoms with E-state index in [1.165, 1.54) is 10.5 Å². The van der Waals surface area contributed by atoms with Gasteiger partial charge in [-0.2, -0.15) is 0 Å². The summed E-state index contributed by atoms with van der Waals surface area (Å²) in [5.41, 5.74) is 4.70. The normalized spacial score (nSPS) is 13.9. The quantitative estimate of drug-likeness (QED) is 0.387. The molecule has 2 aromatic carbocycles. The molecule has 0 unspecified atom stereocenters. The first-order chi connectivity index (χ1) is 15.8. The van der Waals surface area contributed by atoms with Crippen molar-refractivity contribution in [2.24, 2.45) is 0 Å². The van der Waals surface area contributed by atoms with Crippen molar-refractivity contribution in [3.05, 3.63) is 93.8 Å². The Morgan fingerprint density at radius 1 is 0.909 bits per heavy atom.